The van der Waals surface area contributed by atoms with Gasteiger partial charge in [-0.25, -0.2) is 4.79 Å². The Morgan fingerprint density at radius 3 is 2.53 bits per heavy atom. The summed E-state index contributed by atoms with van der Waals surface area (Å²) in [6, 6.07) is 0.612. The fourth-order valence-electron chi connectivity index (χ4n) is 1.82. The number of β-amino-alcohol motifs (C(OH)–C–C–N with tert-alkyl or cyclic N) is 1. The average Bonchev–Trinajstić information content (AvgIpc) is 2.87. The topological polar surface area (TPSA) is 72.8 Å². The zero-order chi connectivity index (χ0) is 10.1. The molecular weight excluding hydrogens is 220 g/mol. The van der Waals surface area contributed by atoms with Crippen molar-refractivity contribution in [2.45, 2.75) is 25.0 Å². The van der Waals surface area contributed by atoms with Gasteiger partial charge in [0.15, 0.2) is 0 Å². The number of likely N-dealkylation sites (tertiary alicyclic amines) is 1. The molecule has 88 valence electrons. The molecular formula is C9H17ClN2O3. The van der Waals surface area contributed by atoms with E-state index in [1.54, 1.807) is 0 Å². The Labute approximate surface area is 94.9 Å². The maximum Gasteiger partial charge on any atom is 0.407 e. The summed E-state index contributed by atoms with van der Waals surface area (Å²) in [5.41, 5.74) is 0. The molecule has 5 nitrogen and oxygen atoms in total. The molecule has 2 fully saturated rings. The second kappa shape index (κ2) is 5.01. The number of carbonyl (C=O) groups is 1. The van der Waals surface area contributed by atoms with Crippen LogP contribution in [0.25, 0.3) is 0 Å². The Bertz CT molecular complexity index is 235. The summed E-state index contributed by atoms with van der Waals surface area (Å²) in [6.07, 6.45) is 0.993. The van der Waals surface area contributed by atoms with E-state index in [9.17, 15) is 9.90 Å². The standard InChI is InChI=1S/C9H16N2O3.ClH/c12-8-5-11(9(13)14)4-6(8)3-10-7-1-2-7;/h6-8,10,12H,1-5H2,(H,13,14);1H/t6-,8-;/m0./s1. The second-order valence-electron chi connectivity index (χ2n) is 4.20. The van der Waals surface area contributed by atoms with Crippen LogP contribution < -0.4 is 5.32 Å². The lowest BCUT2D eigenvalue weighted by molar-refractivity contribution is 0.131. The lowest BCUT2D eigenvalue weighted by atomic mass is 10.1. The van der Waals surface area contributed by atoms with E-state index >= 15 is 0 Å². The first-order valence-corrected chi connectivity index (χ1v) is 5.06. The quantitative estimate of drug-likeness (QED) is 0.652. The summed E-state index contributed by atoms with van der Waals surface area (Å²) in [5.74, 6) is 0.0618. The predicted octanol–water partition coefficient (Wildman–Crippen LogP) is 0.131. The molecule has 0 radical (unpaired) electrons. The highest BCUT2D eigenvalue weighted by molar-refractivity contribution is 5.85. The minimum atomic E-state index is -0.932. The summed E-state index contributed by atoms with van der Waals surface area (Å²) in [6.45, 7) is 1.44. The maximum absolute atomic E-state index is 10.6. The summed E-state index contributed by atoms with van der Waals surface area (Å²) >= 11 is 0. The molecule has 0 aromatic carbocycles. The summed E-state index contributed by atoms with van der Waals surface area (Å²) in [4.78, 5) is 11.9. The Kier molecular flexibility index (Phi) is 4.19. The summed E-state index contributed by atoms with van der Waals surface area (Å²) < 4.78 is 0. The zero-order valence-electron chi connectivity index (χ0n) is 8.43. The average molecular weight is 237 g/mol. The molecule has 6 heteroatoms. The smallest absolute Gasteiger partial charge is 0.407 e. The third-order valence-electron chi connectivity index (χ3n) is 2.92. The molecule has 2 rings (SSSR count). The van der Waals surface area contributed by atoms with E-state index in [1.807, 2.05) is 0 Å². The highest BCUT2D eigenvalue weighted by Gasteiger charge is 2.34. The van der Waals surface area contributed by atoms with Crippen LogP contribution in [0.5, 0.6) is 0 Å². The van der Waals surface area contributed by atoms with Gasteiger partial charge < -0.3 is 20.4 Å². The first-order valence-electron chi connectivity index (χ1n) is 5.06. The Hall–Kier alpha value is -0.520. The van der Waals surface area contributed by atoms with Gasteiger partial charge in [0.1, 0.15) is 0 Å². The van der Waals surface area contributed by atoms with Gasteiger partial charge in [0.25, 0.3) is 0 Å². The fraction of sp³-hybridized carbons (Fsp3) is 0.889. The number of carboxylic acid groups (broad SMARTS) is 1. The van der Waals surface area contributed by atoms with Crippen molar-refractivity contribution >= 4 is 18.5 Å². The van der Waals surface area contributed by atoms with Crippen LogP contribution >= 0.6 is 12.4 Å². The van der Waals surface area contributed by atoms with Crippen molar-refractivity contribution in [2.24, 2.45) is 5.92 Å². The third kappa shape index (κ3) is 3.22. The van der Waals surface area contributed by atoms with E-state index in [2.05, 4.69) is 5.32 Å². The van der Waals surface area contributed by atoms with Gasteiger partial charge >= 0.3 is 6.09 Å². The van der Waals surface area contributed by atoms with Crippen molar-refractivity contribution in [1.29, 1.82) is 0 Å². The molecule has 1 aliphatic heterocycles. The minimum absolute atomic E-state index is 0. The number of aliphatic hydroxyl groups excluding tert-OH is 1. The molecule has 15 heavy (non-hydrogen) atoms. The van der Waals surface area contributed by atoms with Gasteiger partial charge in [-0.3, -0.25) is 0 Å². The number of hydrogen-bond acceptors (Lipinski definition) is 3. The van der Waals surface area contributed by atoms with Crippen LogP contribution in [-0.2, 0) is 0 Å². The largest absolute Gasteiger partial charge is 0.465 e. The summed E-state index contributed by atoms with van der Waals surface area (Å²) in [5, 5.41) is 21.6. The van der Waals surface area contributed by atoms with Crippen LogP contribution in [0.4, 0.5) is 4.79 Å². The third-order valence-corrected chi connectivity index (χ3v) is 2.92. The maximum atomic E-state index is 10.6. The highest BCUT2D eigenvalue weighted by Crippen LogP contribution is 2.21. The Balaban J connectivity index is 0.00000112. The normalized spacial score (nSPS) is 30.1. The van der Waals surface area contributed by atoms with Crippen LogP contribution in [0, 0.1) is 5.92 Å². The predicted molar refractivity (Wildman–Crippen MR) is 57.4 cm³/mol. The molecule has 1 amide bonds. The van der Waals surface area contributed by atoms with Crippen LogP contribution in [0.2, 0.25) is 0 Å². The molecule has 0 spiro atoms. The molecule has 3 N–H and O–H groups in total. The van der Waals surface area contributed by atoms with Crippen LogP contribution in [0.15, 0.2) is 0 Å². The molecule has 0 aromatic heterocycles. The van der Waals surface area contributed by atoms with Crippen molar-refractivity contribution in [3.8, 4) is 0 Å². The monoisotopic (exact) mass is 236 g/mol. The first-order chi connectivity index (χ1) is 6.66. The summed E-state index contributed by atoms with van der Waals surface area (Å²) in [7, 11) is 0. The highest BCUT2D eigenvalue weighted by atomic mass is 35.5. The first kappa shape index (κ1) is 12.5. The second-order valence-corrected chi connectivity index (χ2v) is 4.20. The molecule has 2 atom stereocenters. The number of amides is 1. The van der Waals surface area contributed by atoms with Crippen molar-refractivity contribution in [3.63, 3.8) is 0 Å². The number of nitrogens with zero attached hydrogens (tertiary/aromatic N) is 1. The number of nitrogens with one attached hydrogen (secondary N) is 1. The molecule has 1 heterocycles. The van der Waals surface area contributed by atoms with E-state index < -0.39 is 12.2 Å². The van der Waals surface area contributed by atoms with Gasteiger partial charge in [-0.1, -0.05) is 0 Å². The molecule has 1 saturated carbocycles. The van der Waals surface area contributed by atoms with Crippen molar-refractivity contribution in [2.75, 3.05) is 19.6 Å². The van der Waals surface area contributed by atoms with Gasteiger partial charge in [0.05, 0.1) is 12.6 Å². The van der Waals surface area contributed by atoms with E-state index in [0.29, 0.717) is 12.6 Å². The van der Waals surface area contributed by atoms with Gasteiger partial charge in [0, 0.05) is 25.0 Å². The van der Waals surface area contributed by atoms with Gasteiger partial charge in [-0.15, -0.1) is 12.4 Å². The van der Waals surface area contributed by atoms with Crippen molar-refractivity contribution in [1.82, 2.24) is 10.2 Å². The number of hydrogen-bond donors (Lipinski definition) is 3. The van der Waals surface area contributed by atoms with E-state index in [4.69, 9.17) is 5.11 Å². The van der Waals surface area contributed by atoms with E-state index in [0.717, 1.165) is 6.54 Å². The van der Waals surface area contributed by atoms with E-state index in [1.165, 1.54) is 17.7 Å². The molecule has 1 saturated heterocycles. The zero-order valence-corrected chi connectivity index (χ0v) is 9.24. The number of aliphatic hydroxyl groups is 1. The van der Waals surface area contributed by atoms with E-state index in [-0.39, 0.29) is 24.9 Å². The van der Waals surface area contributed by atoms with Gasteiger partial charge in [-0.2, -0.15) is 0 Å². The molecule has 0 unspecified atom stereocenters. The Morgan fingerprint density at radius 2 is 2.07 bits per heavy atom. The minimum Gasteiger partial charge on any atom is -0.465 e. The number of rotatable bonds is 3. The van der Waals surface area contributed by atoms with Crippen LogP contribution in [-0.4, -0.2) is 53.0 Å². The van der Waals surface area contributed by atoms with Crippen LogP contribution in [0.1, 0.15) is 12.8 Å². The number of halogens is 1. The lowest BCUT2D eigenvalue weighted by Crippen LogP contribution is -2.31. The molecule has 1 aliphatic carbocycles. The van der Waals surface area contributed by atoms with Crippen molar-refractivity contribution < 1.29 is 15.0 Å². The van der Waals surface area contributed by atoms with Gasteiger partial charge in [0.2, 0.25) is 0 Å². The molecule has 0 bridgehead atoms. The lowest BCUT2D eigenvalue weighted by Gasteiger charge is -2.13. The fourth-order valence-corrected chi connectivity index (χ4v) is 1.82. The SMILES string of the molecule is Cl.O=C(O)N1C[C@H](CNC2CC2)[C@@H](O)C1. The molecule has 0 aromatic rings. The van der Waals surface area contributed by atoms with Gasteiger partial charge in [-0.05, 0) is 12.8 Å². The van der Waals surface area contributed by atoms with Crippen molar-refractivity contribution in [3.05, 3.63) is 0 Å². The Morgan fingerprint density at radius 1 is 1.40 bits per heavy atom. The molecule has 2 aliphatic rings. The van der Waals surface area contributed by atoms with Crippen LogP contribution in [0.3, 0.4) is 0 Å².